The molecule has 0 nitrogen and oxygen atoms in total. The second-order valence-electron chi connectivity index (χ2n) is 4.67. The van der Waals surface area contributed by atoms with Gasteiger partial charge in [-0.2, -0.15) is 0 Å². The predicted octanol–water partition coefficient (Wildman–Crippen LogP) is 5.89. The van der Waals surface area contributed by atoms with Crippen molar-refractivity contribution in [2.75, 3.05) is 0 Å². The van der Waals surface area contributed by atoms with Crippen LogP contribution in [-0.4, -0.2) is 0 Å². The second kappa shape index (κ2) is 8.06. The Morgan fingerprint density at radius 2 is 0.667 bits per heavy atom. The third-order valence-corrected chi connectivity index (χ3v) is 3.40. The minimum atomic E-state index is 0.309. The molecule has 106 valence electrons. The van der Waals surface area contributed by atoms with Gasteiger partial charge in [-0.1, -0.05) is 105 Å². The first kappa shape index (κ1) is 15.1. The van der Waals surface area contributed by atoms with E-state index in [1.54, 1.807) is 0 Å². The molecule has 0 unspecified atom stereocenters. The highest BCUT2D eigenvalue weighted by molar-refractivity contribution is 5.42. The Bertz CT molecular complexity index is 518. The quantitative estimate of drug-likeness (QED) is 0.522. The number of rotatable bonds is 3. The highest BCUT2D eigenvalue weighted by Gasteiger charge is 2.15. The fourth-order valence-electron chi connectivity index (χ4n) is 2.51. The molecule has 3 aromatic carbocycles. The van der Waals surface area contributed by atoms with Crippen LogP contribution < -0.4 is 0 Å². The van der Waals surface area contributed by atoms with Gasteiger partial charge in [0.2, 0.25) is 0 Å². The molecule has 0 N–H and O–H groups in total. The lowest BCUT2D eigenvalue weighted by Gasteiger charge is -2.18. The average molecular weight is 274 g/mol. The zero-order valence-corrected chi connectivity index (χ0v) is 12.7. The zero-order chi connectivity index (χ0) is 14.9. The van der Waals surface area contributed by atoms with Gasteiger partial charge in [-0.15, -0.1) is 0 Å². The van der Waals surface area contributed by atoms with E-state index < -0.39 is 0 Å². The van der Waals surface area contributed by atoms with Gasteiger partial charge in [-0.05, 0) is 16.7 Å². The van der Waals surface area contributed by atoms with Crippen molar-refractivity contribution in [3.63, 3.8) is 0 Å². The standard InChI is InChI=1S/C19H16.C2H6/c1-4-10-16(11-5-1)19(17-12-6-2-7-13-17)18-14-8-3-9-15-18;1-2/h1-15,19H;1-2H3. The summed E-state index contributed by atoms with van der Waals surface area (Å²) in [5, 5.41) is 0. The van der Waals surface area contributed by atoms with Gasteiger partial charge in [0.05, 0.1) is 0 Å². The highest BCUT2D eigenvalue weighted by atomic mass is 14.2. The molecule has 0 heterocycles. The molecule has 0 radical (unpaired) electrons. The topological polar surface area (TPSA) is 0 Å². The van der Waals surface area contributed by atoms with Crippen molar-refractivity contribution in [3.05, 3.63) is 108 Å². The van der Waals surface area contributed by atoms with Crippen LogP contribution in [0.15, 0.2) is 91.0 Å². The largest absolute Gasteiger partial charge is 0.0683 e. The first-order valence-electron chi connectivity index (χ1n) is 7.60. The molecule has 0 heteroatoms. The molecule has 0 bridgehead atoms. The Hall–Kier alpha value is -2.34. The fourth-order valence-corrected chi connectivity index (χ4v) is 2.51. The van der Waals surface area contributed by atoms with Crippen LogP contribution in [0, 0.1) is 0 Å². The number of hydrogen-bond donors (Lipinski definition) is 0. The Balaban J connectivity index is 0.000000774. The van der Waals surface area contributed by atoms with Crippen LogP contribution in [0.4, 0.5) is 0 Å². The molecule has 0 aromatic heterocycles. The Morgan fingerprint density at radius 1 is 0.429 bits per heavy atom. The molecule has 0 saturated carbocycles. The van der Waals surface area contributed by atoms with Gasteiger partial charge < -0.3 is 0 Å². The normalized spacial score (nSPS) is 9.86. The summed E-state index contributed by atoms with van der Waals surface area (Å²) < 4.78 is 0. The molecule has 3 aromatic rings. The van der Waals surface area contributed by atoms with Crippen molar-refractivity contribution in [1.82, 2.24) is 0 Å². The van der Waals surface area contributed by atoms with Crippen molar-refractivity contribution in [2.24, 2.45) is 0 Å². The first-order valence-corrected chi connectivity index (χ1v) is 7.60. The summed E-state index contributed by atoms with van der Waals surface area (Å²) in [5.74, 6) is 0.309. The van der Waals surface area contributed by atoms with E-state index in [2.05, 4.69) is 91.0 Å². The first-order chi connectivity index (χ1) is 10.4. The highest BCUT2D eigenvalue weighted by Crippen LogP contribution is 2.31. The van der Waals surface area contributed by atoms with Crippen LogP contribution in [0.1, 0.15) is 36.5 Å². The third kappa shape index (κ3) is 3.82. The van der Waals surface area contributed by atoms with Gasteiger partial charge >= 0.3 is 0 Å². The molecule has 21 heavy (non-hydrogen) atoms. The van der Waals surface area contributed by atoms with E-state index >= 15 is 0 Å². The molecule has 0 aliphatic rings. The number of benzene rings is 3. The summed E-state index contributed by atoms with van der Waals surface area (Å²) in [4.78, 5) is 0. The molecule has 0 atom stereocenters. The maximum absolute atomic E-state index is 2.20. The zero-order valence-electron chi connectivity index (χ0n) is 12.7. The summed E-state index contributed by atoms with van der Waals surface area (Å²) in [5.41, 5.74) is 4.00. The molecule has 0 spiro atoms. The van der Waals surface area contributed by atoms with Gasteiger partial charge in [-0.3, -0.25) is 0 Å². The maximum Gasteiger partial charge on any atom is 0.0339 e. The van der Waals surface area contributed by atoms with Gasteiger partial charge in [-0.25, -0.2) is 0 Å². The molecular weight excluding hydrogens is 252 g/mol. The van der Waals surface area contributed by atoms with E-state index in [4.69, 9.17) is 0 Å². The molecule has 0 saturated heterocycles. The van der Waals surface area contributed by atoms with E-state index in [-0.39, 0.29) is 0 Å². The van der Waals surface area contributed by atoms with Gasteiger partial charge in [0.15, 0.2) is 0 Å². The lowest BCUT2D eigenvalue weighted by atomic mass is 9.85. The molecule has 3 rings (SSSR count). The van der Waals surface area contributed by atoms with Gasteiger partial charge in [0.1, 0.15) is 0 Å². The van der Waals surface area contributed by atoms with E-state index in [0.29, 0.717) is 5.92 Å². The van der Waals surface area contributed by atoms with Crippen LogP contribution in [0.5, 0.6) is 0 Å². The third-order valence-electron chi connectivity index (χ3n) is 3.40. The predicted molar refractivity (Wildman–Crippen MR) is 91.6 cm³/mol. The number of hydrogen-bond acceptors (Lipinski definition) is 0. The minimum Gasteiger partial charge on any atom is -0.0683 e. The summed E-state index contributed by atoms with van der Waals surface area (Å²) in [6.07, 6.45) is 0. The van der Waals surface area contributed by atoms with Crippen LogP contribution in [-0.2, 0) is 0 Å². The van der Waals surface area contributed by atoms with Crippen molar-refractivity contribution in [2.45, 2.75) is 19.8 Å². The average Bonchev–Trinajstić information content (AvgIpc) is 2.60. The van der Waals surface area contributed by atoms with Gasteiger partial charge in [0.25, 0.3) is 0 Å². The van der Waals surface area contributed by atoms with Crippen LogP contribution in [0.25, 0.3) is 0 Å². The monoisotopic (exact) mass is 274 g/mol. The second-order valence-corrected chi connectivity index (χ2v) is 4.67. The summed E-state index contributed by atoms with van der Waals surface area (Å²) in [7, 11) is 0. The minimum absolute atomic E-state index is 0.309. The van der Waals surface area contributed by atoms with E-state index in [0.717, 1.165) is 0 Å². The molecule has 0 amide bonds. The smallest absolute Gasteiger partial charge is 0.0339 e. The fraction of sp³-hybridized carbons (Fsp3) is 0.143. The Kier molecular flexibility index (Phi) is 5.78. The van der Waals surface area contributed by atoms with Gasteiger partial charge in [0, 0.05) is 5.92 Å². The summed E-state index contributed by atoms with van der Waals surface area (Å²) >= 11 is 0. The van der Waals surface area contributed by atoms with Crippen molar-refractivity contribution in [3.8, 4) is 0 Å². The summed E-state index contributed by atoms with van der Waals surface area (Å²) in [6.45, 7) is 4.00. The van der Waals surface area contributed by atoms with E-state index in [1.807, 2.05) is 13.8 Å². The summed E-state index contributed by atoms with van der Waals surface area (Å²) in [6, 6.07) is 32.0. The maximum atomic E-state index is 2.20. The lowest BCUT2D eigenvalue weighted by Crippen LogP contribution is -2.02. The van der Waals surface area contributed by atoms with Crippen LogP contribution in [0.2, 0.25) is 0 Å². The van der Waals surface area contributed by atoms with Crippen LogP contribution >= 0.6 is 0 Å². The molecule has 0 aliphatic heterocycles. The van der Waals surface area contributed by atoms with Crippen molar-refractivity contribution in [1.29, 1.82) is 0 Å². The van der Waals surface area contributed by atoms with Crippen molar-refractivity contribution < 1.29 is 0 Å². The van der Waals surface area contributed by atoms with E-state index in [1.165, 1.54) is 16.7 Å². The van der Waals surface area contributed by atoms with Crippen LogP contribution in [0.3, 0.4) is 0 Å². The van der Waals surface area contributed by atoms with Crippen molar-refractivity contribution >= 4 is 0 Å². The lowest BCUT2D eigenvalue weighted by molar-refractivity contribution is 0.977. The Morgan fingerprint density at radius 3 is 0.905 bits per heavy atom. The molecule has 0 aliphatic carbocycles. The Labute approximate surface area is 128 Å². The molecular formula is C21H22. The van der Waals surface area contributed by atoms with E-state index in [9.17, 15) is 0 Å². The SMILES string of the molecule is CC.c1ccc(C(c2ccccc2)c2ccccc2)cc1. The molecule has 0 fully saturated rings.